The van der Waals surface area contributed by atoms with E-state index in [1.54, 1.807) is 11.8 Å². The molecule has 0 rings (SSSR count). The molecule has 0 aliphatic heterocycles. The normalized spacial score (nSPS) is 13.3. The molecule has 0 saturated heterocycles. The molecule has 0 aromatic rings. The van der Waals surface area contributed by atoms with E-state index in [-0.39, 0.29) is 5.91 Å². The lowest BCUT2D eigenvalue weighted by Gasteiger charge is -2.27. The number of aliphatic carboxylic acids is 1. The summed E-state index contributed by atoms with van der Waals surface area (Å²) in [5.41, 5.74) is 0. The molecule has 110 valence electrons. The van der Waals surface area contributed by atoms with E-state index in [0.717, 1.165) is 4.90 Å². The number of carboxylic acid groups (broad SMARTS) is 1. The fourth-order valence-electron chi connectivity index (χ4n) is 1.50. The number of carbonyl (C=O) groups is 3. The summed E-state index contributed by atoms with van der Waals surface area (Å²) < 4.78 is 0. The fraction of sp³-hybridized carbons (Fsp3) is 0.750. The van der Waals surface area contributed by atoms with Crippen LogP contribution >= 0.6 is 0 Å². The summed E-state index contributed by atoms with van der Waals surface area (Å²) in [6, 6.07) is -2.21. The van der Waals surface area contributed by atoms with Crippen LogP contribution in [-0.4, -0.2) is 65.0 Å². The fourth-order valence-corrected chi connectivity index (χ4v) is 1.50. The Morgan fingerprint density at radius 1 is 1.16 bits per heavy atom. The van der Waals surface area contributed by atoms with Gasteiger partial charge in [-0.25, -0.2) is 9.59 Å². The minimum absolute atomic E-state index is 0.185. The topological polar surface area (TPSA) is 90.0 Å². The average molecular weight is 273 g/mol. The van der Waals surface area contributed by atoms with Crippen LogP contribution in [0.15, 0.2) is 0 Å². The molecule has 19 heavy (non-hydrogen) atoms. The van der Waals surface area contributed by atoms with Crippen LogP contribution in [0.2, 0.25) is 0 Å². The van der Waals surface area contributed by atoms with Gasteiger partial charge in [-0.1, -0.05) is 0 Å². The van der Waals surface area contributed by atoms with Crippen LogP contribution in [0.5, 0.6) is 0 Å². The van der Waals surface area contributed by atoms with Crippen LogP contribution in [0.1, 0.15) is 27.7 Å². The van der Waals surface area contributed by atoms with Gasteiger partial charge >= 0.3 is 12.0 Å². The predicted octanol–water partition coefficient (Wildman–Crippen LogP) is 0.358. The van der Waals surface area contributed by atoms with Crippen molar-refractivity contribution in [2.24, 2.45) is 0 Å². The largest absolute Gasteiger partial charge is 0.480 e. The predicted molar refractivity (Wildman–Crippen MR) is 70.8 cm³/mol. The first-order valence-corrected chi connectivity index (χ1v) is 6.31. The number of likely N-dealkylation sites (N-methyl/N-ethyl adjacent to an activating group) is 2. The van der Waals surface area contributed by atoms with Gasteiger partial charge in [0, 0.05) is 20.1 Å². The van der Waals surface area contributed by atoms with Gasteiger partial charge in [0.1, 0.15) is 12.1 Å². The summed E-state index contributed by atoms with van der Waals surface area (Å²) >= 11 is 0. The Morgan fingerprint density at radius 2 is 1.63 bits per heavy atom. The Morgan fingerprint density at radius 3 is 2.00 bits per heavy atom. The molecular formula is C12H23N3O4. The highest BCUT2D eigenvalue weighted by atomic mass is 16.4. The van der Waals surface area contributed by atoms with Crippen LogP contribution in [0.4, 0.5) is 4.79 Å². The van der Waals surface area contributed by atoms with E-state index in [9.17, 15) is 14.4 Å². The molecule has 2 unspecified atom stereocenters. The minimum Gasteiger partial charge on any atom is -0.480 e. The van der Waals surface area contributed by atoms with Crippen molar-refractivity contribution in [3.8, 4) is 0 Å². The highest BCUT2D eigenvalue weighted by Gasteiger charge is 2.25. The van der Waals surface area contributed by atoms with E-state index in [4.69, 9.17) is 5.11 Å². The van der Waals surface area contributed by atoms with Crippen molar-refractivity contribution in [1.82, 2.24) is 15.1 Å². The molecule has 0 aromatic carbocycles. The number of nitrogens with one attached hydrogen (secondary N) is 1. The van der Waals surface area contributed by atoms with Crippen LogP contribution in [0, 0.1) is 0 Å². The second-order valence-electron chi connectivity index (χ2n) is 4.31. The van der Waals surface area contributed by atoms with Crippen molar-refractivity contribution in [1.29, 1.82) is 0 Å². The standard InChI is InChI=1S/C12H23N3O4/c1-6-15(7-2)10(16)8(3)13-12(19)14(5)9(4)11(17)18/h8-9H,6-7H2,1-5H3,(H,13,19)(H,17,18). The van der Waals surface area contributed by atoms with Crippen molar-refractivity contribution in [2.45, 2.75) is 39.8 Å². The van der Waals surface area contributed by atoms with Crippen LogP contribution in [-0.2, 0) is 9.59 Å². The molecule has 0 aromatic heterocycles. The van der Waals surface area contributed by atoms with E-state index in [0.29, 0.717) is 13.1 Å². The Hall–Kier alpha value is -1.79. The smallest absolute Gasteiger partial charge is 0.326 e. The molecule has 2 N–H and O–H groups in total. The van der Waals surface area contributed by atoms with Crippen molar-refractivity contribution in [3.63, 3.8) is 0 Å². The second kappa shape index (κ2) is 7.60. The van der Waals surface area contributed by atoms with E-state index in [1.165, 1.54) is 14.0 Å². The highest BCUT2D eigenvalue weighted by Crippen LogP contribution is 1.99. The first-order valence-electron chi connectivity index (χ1n) is 6.31. The molecule has 0 bridgehead atoms. The van der Waals surface area contributed by atoms with Gasteiger partial charge in [-0.2, -0.15) is 0 Å². The number of hydrogen-bond donors (Lipinski definition) is 2. The number of nitrogens with zero attached hydrogens (tertiary/aromatic N) is 2. The molecule has 0 aliphatic carbocycles. The first-order chi connectivity index (χ1) is 8.76. The molecule has 0 fully saturated rings. The Kier molecular flexibility index (Phi) is 6.89. The molecule has 0 saturated carbocycles. The Bertz CT molecular complexity index is 342. The van der Waals surface area contributed by atoms with Crippen molar-refractivity contribution >= 4 is 17.9 Å². The SMILES string of the molecule is CCN(CC)C(=O)C(C)NC(=O)N(C)C(C)C(=O)O. The summed E-state index contributed by atoms with van der Waals surface area (Å²) in [5, 5.41) is 11.3. The summed E-state index contributed by atoms with van der Waals surface area (Å²) in [4.78, 5) is 37.1. The van der Waals surface area contributed by atoms with Gasteiger partial charge in [0.25, 0.3) is 0 Å². The third-order valence-electron chi connectivity index (χ3n) is 3.04. The molecule has 3 amide bonds. The van der Waals surface area contributed by atoms with Crippen LogP contribution in [0.25, 0.3) is 0 Å². The van der Waals surface area contributed by atoms with Gasteiger partial charge in [0.05, 0.1) is 0 Å². The van der Waals surface area contributed by atoms with Crippen molar-refractivity contribution < 1.29 is 19.5 Å². The van der Waals surface area contributed by atoms with E-state index >= 15 is 0 Å². The number of carbonyl (C=O) groups excluding carboxylic acids is 2. The summed E-state index contributed by atoms with van der Waals surface area (Å²) in [7, 11) is 1.38. The van der Waals surface area contributed by atoms with Gasteiger partial charge in [0.2, 0.25) is 5.91 Å². The molecule has 7 nitrogen and oxygen atoms in total. The zero-order valence-corrected chi connectivity index (χ0v) is 12.1. The molecule has 0 spiro atoms. The highest BCUT2D eigenvalue weighted by molar-refractivity contribution is 5.88. The maximum absolute atomic E-state index is 11.9. The molecule has 0 aliphatic rings. The van der Waals surface area contributed by atoms with Gasteiger partial charge in [-0.05, 0) is 27.7 Å². The lowest BCUT2D eigenvalue weighted by atomic mass is 10.2. The van der Waals surface area contributed by atoms with E-state index in [2.05, 4.69) is 5.32 Å². The quantitative estimate of drug-likeness (QED) is 0.731. The minimum atomic E-state index is -1.10. The number of urea groups is 1. The number of rotatable bonds is 6. The summed E-state index contributed by atoms with van der Waals surface area (Å²) in [6.07, 6.45) is 0. The third kappa shape index (κ3) is 4.76. The maximum atomic E-state index is 11.9. The summed E-state index contributed by atoms with van der Waals surface area (Å²) in [6.45, 7) is 7.83. The number of carboxylic acids is 1. The molecular weight excluding hydrogens is 250 g/mol. The van der Waals surface area contributed by atoms with Gasteiger partial charge in [0.15, 0.2) is 0 Å². The Balaban J connectivity index is 4.56. The van der Waals surface area contributed by atoms with Crippen LogP contribution < -0.4 is 5.32 Å². The van der Waals surface area contributed by atoms with E-state index in [1.807, 2.05) is 13.8 Å². The second-order valence-corrected chi connectivity index (χ2v) is 4.31. The average Bonchev–Trinajstić information content (AvgIpc) is 2.37. The van der Waals surface area contributed by atoms with Crippen molar-refractivity contribution in [2.75, 3.05) is 20.1 Å². The third-order valence-corrected chi connectivity index (χ3v) is 3.04. The van der Waals surface area contributed by atoms with Crippen LogP contribution in [0.3, 0.4) is 0 Å². The molecule has 0 heterocycles. The van der Waals surface area contributed by atoms with Gasteiger partial charge < -0.3 is 20.2 Å². The first kappa shape index (κ1) is 17.2. The molecule has 7 heteroatoms. The Labute approximate surface area is 113 Å². The van der Waals surface area contributed by atoms with Gasteiger partial charge in [-0.3, -0.25) is 4.79 Å². The van der Waals surface area contributed by atoms with Gasteiger partial charge in [-0.15, -0.1) is 0 Å². The number of hydrogen-bond acceptors (Lipinski definition) is 3. The lowest BCUT2D eigenvalue weighted by Crippen LogP contribution is -2.52. The zero-order valence-electron chi connectivity index (χ0n) is 12.1. The molecule has 0 radical (unpaired) electrons. The summed E-state index contributed by atoms with van der Waals surface area (Å²) in [5.74, 6) is -1.28. The maximum Gasteiger partial charge on any atom is 0.326 e. The number of amides is 3. The monoisotopic (exact) mass is 273 g/mol. The lowest BCUT2D eigenvalue weighted by molar-refractivity contribution is -0.141. The van der Waals surface area contributed by atoms with E-state index < -0.39 is 24.1 Å². The van der Waals surface area contributed by atoms with Crippen molar-refractivity contribution in [3.05, 3.63) is 0 Å². The molecule has 2 atom stereocenters. The zero-order chi connectivity index (χ0) is 15.2.